The Labute approximate surface area is 93.5 Å². The molecule has 0 aromatic heterocycles. The highest BCUT2D eigenvalue weighted by molar-refractivity contribution is 4.85. The van der Waals surface area contributed by atoms with Gasteiger partial charge in [0.1, 0.15) is 0 Å². The van der Waals surface area contributed by atoms with E-state index in [-0.39, 0.29) is 0 Å². The summed E-state index contributed by atoms with van der Waals surface area (Å²) in [6, 6.07) is 0. The third kappa shape index (κ3) is 4.49. The first-order chi connectivity index (χ1) is 7.18. The van der Waals surface area contributed by atoms with E-state index in [9.17, 15) is 0 Å². The topological polar surface area (TPSA) is 30.5 Å². The summed E-state index contributed by atoms with van der Waals surface area (Å²) in [5.41, 5.74) is 0.324. The lowest BCUT2D eigenvalue weighted by molar-refractivity contribution is 0.0455. The van der Waals surface area contributed by atoms with Crippen LogP contribution in [0.25, 0.3) is 0 Å². The molecule has 1 unspecified atom stereocenters. The summed E-state index contributed by atoms with van der Waals surface area (Å²) >= 11 is 0. The van der Waals surface area contributed by atoms with E-state index in [1.165, 1.54) is 6.42 Å². The molecule has 1 heterocycles. The first-order valence-electron chi connectivity index (χ1n) is 6.08. The van der Waals surface area contributed by atoms with E-state index in [0.29, 0.717) is 11.5 Å². The standard InChI is InChI=1S/C12H25NO2/c1-4-13-9-12(5-7-14-10-12)6-8-15-11(2)3/h11,13H,4-10H2,1-3H3. The first-order valence-corrected chi connectivity index (χ1v) is 6.08. The van der Waals surface area contributed by atoms with Crippen LogP contribution in [0.3, 0.4) is 0 Å². The molecule has 3 heteroatoms. The van der Waals surface area contributed by atoms with Crippen molar-refractivity contribution in [2.45, 2.75) is 39.7 Å². The first kappa shape index (κ1) is 12.9. The molecule has 1 atom stereocenters. The Bertz CT molecular complexity index is 165. The maximum atomic E-state index is 5.63. The van der Waals surface area contributed by atoms with E-state index in [1.807, 2.05) is 0 Å². The fraction of sp³-hybridized carbons (Fsp3) is 1.00. The van der Waals surface area contributed by atoms with E-state index >= 15 is 0 Å². The average molecular weight is 215 g/mol. The van der Waals surface area contributed by atoms with Crippen LogP contribution in [0.4, 0.5) is 0 Å². The number of nitrogens with one attached hydrogen (secondary N) is 1. The molecule has 0 radical (unpaired) electrons. The Kier molecular flexibility index (Phi) is 5.58. The van der Waals surface area contributed by atoms with Crippen LogP contribution >= 0.6 is 0 Å². The quantitative estimate of drug-likeness (QED) is 0.702. The molecule has 0 bridgehead atoms. The Morgan fingerprint density at radius 3 is 2.80 bits per heavy atom. The number of rotatable bonds is 7. The molecule has 1 N–H and O–H groups in total. The Morgan fingerprint density at radius 2 is 2.27 bits per heavy atom. The van der Waals surface area contributed by atoms with Crippen LogP contribution in [0.5, 0.6) is 0 Å². The summed E-state index contributed by atoms with van der Waals surface area (Å²) in [7, 11) is 0. The molecule has 0 amide bonds. The summed E-state index contributed by atoms with van der Waals surface area (Å²) in [6.07, 6.45) is 2.61. The number of ether oxygens (including phenoxy) is 2. The monoisotopic (exact) mass is 215 g/mol. The second-order valence-electron chi connectivity index (χ2n) is 4.75. The van der Waals surface area contributed by atoms with Gasteiger partial charge < -0.3 is 14.8 Å². The molecule has 3 nitrogen and oxygen atoms in total. The summed E-state index contributed by atoms with van der Waals surface area (Å²) in [5.74, 6) is 0. The molecule has 0 spiro atoms. The van der Waals surface area contributed by atoms with E-state index in [4.69, 9.17) is 9.47 Å². The molecule has 1 fully saturated rings. The van der Waals surface area contributed by atoms with Crippen molar-refractivity contribution in [2.24, 2.45) is 5.41 Å². The van der Waals surface area contributed by atoms with Gasteiger partial charge in [0.25, 0.3) is 0 Å². The van der Waals surface area contributed by atoms with Crippen molar-refractivity contribution in [3.63, 3.8) is 0 Å². The van der Waals surface area contributed by atoms with Crippen molar-refractivity contribution in [3.05, 3.63) is 0 Å². The fourth-order valence-electron chi connectivity index (χ4n) is 1.98. The van der Waals surface area contributed by atoms with Crippen LogP contribution in [0.2, 0.25) is 0 Å². The van der Waals surface area contributed by atoms with Gasteiger partial charge in [-0.2, -0.15) is 0 Å². The van der Waals surface area contributed by atoms with Crippen LogP contribution in [0.15, 0.2) is 0 Å². The maximum Gasteiger partial charge on any atom is 0.0536 e. The highest BCUT2D eigenvalue weighted by Gasteiger charge is 2.34. The number of hydrogen-bond acceptors (Lipinski definition) is 3. The van der Waals surface area contributed by atoms with Gasteiger partial charge in [-0.3, -0.25) is 0 Å². The van der Waals surface area contributed by atoms with Gasteiger partial charge in [-0.15, -0.1) is 0 Å². The molecule has 1 rings (SSSR count). The van der Waals surface area contributed by atoms with Crippen molar-refractivity contribution < 1.29 is 9.47 Å². The molecule has 90 valence electrons. The molecule has 1 aliphatic rings. The van der Waals surface area contributed by atoms with E-state index in [2.05, 4.69) is 26.1 Å². The van der Waals surface area contributed by atoms with Gasteiger partial charge in [-0.25, -0.2) is 0 Å². The van der Waals surface area contributed by atoms with Crippen LogP contribution < -0.4 is 5.32 Å². The summed E-state index contributed by atoms with van der Waals surface area (Å²) in [6.45, 7) is 11.1. The molecule has 1 saturated heterocycles. The SMILES string of the molecule is CCNCC1(CCOC(C)C)CCOC1. The highest BCUT2D eigenvalue weighted by atomic mass is 16.5. The van der Waals surface area contributed by atoms with Gasteiger partial charge >= 0.3 is 0 Å². The number of hydrogen-bond donors (Lipinski definition) is 1. The Morgan fingerprint density at radius 1 is 1.47 bits per heavy atom. The fourth-order valence-corrected chi connectivity index (χ4v) is 1.98. The lowest BCUT2D eigenvalue weighted by Crippen LogP contribution is -2.36. The minimum Gasteiger partial charge on any atom is -0.381 e. The second kappa shape index (κ2) is 6.46. The Hall–Kier alpha value is -0.120. The molecule has 0 aliphatic carbocycles. The van der Waals surface area contributed by atoms with Crippen molar-refractivity contribution in [2.75, 3.05) is 32.9 Å². The van der Waals surface area contributed by atoms with Gasteiger partial charge in [0.2, 0.25) is 0 Å². The van der Waals surface area contributed by atoms with Crippen LogP contribution in [-0.2, 0) is 9.47 Å². The van der Waals surface area contributed by atoms with E-state index in [0.717, 1.165) is 39.3 Å². The predicted molar refractivity (Wildman–Crippen MR) is 62.1 cm³/mol. The average Bonchev–Trinajstić information content (AvgIpc) is 2.64. The van der Waals surface area contributed by atoms with Crippen LogP contribution in [0.1, 0.15) is 33.6 Å². The van der Waals surface area contributed by atoms with Crippen LogP contribution in [0, 0.1) is 5.41 Å². The van der Waals surface area contributed by atoms with Gasteiger partial charge in [0.15, 0.2) is 0 Å². The predicted octanol–water partition coefficient (Wildman–Crippen LogP) is 1.82. The summed E-state index contributed by atoms with van der Waals surface area (Å²) < 4.78 is 11.1. The van der Waals surface area contributed by atoms with Crippen molar-refractivity contribution in [3.8, 4) is 0 Å². The molecule has 15 heavy (non-hydrogen) atoms. The maximum absolute atomic E-state index is 5.63. The van der Waals surface area contributed by atoms with E-state index < -0.39 is 0 Å². The van der Waals surface area contributed by atoms with E-state index in [1.54, 1.807) is 0 Å². The van der Waals surface area contributed by atoms with Gasteiger partial charge in [0.05, 0.1) is 12.7 Å². The van der Waals surface area contributed by atoms with Crippen molar-refractivity contribution >= 4 is 0 Å². The molecule has 0 aromatic rings. The van der Waals surface area contributed by atoms with Crippen LogP contribution in [-0.4, -0.2) is 39.0 Å². The van der Waals surface area contributed by atoms with Gasteiger partial charge in [0, 0.05) is 25.2 Å². The van der Waals surface area contributed by atoms with Gasteiger partial charge in [-0.1, -0.05) is 6.92 Å². The molecule has 1 aliphatic heterocycles. The zero-order valence-electron chi connectivity index (χ0n) is 10.3. The van der Waals surface area contributed by atoms with Crippen molar-refractivity contribution in [1.82, 2.24) is 5.32 Å². The molecule has 0 aromatic carbocycles. The largest absolute Gasteiger partial charge is 0.381 e. The minimum atomic E-state index is 0.324. The summed E-state index contributed by atoms with van der Waals surface area (Å²) in [5, 5.41) is 3.43. The smallest absolute Gasteiger partial charge is 0.0536 e. The zero-order chi connectivity index (χ0) is 11.1. The Balaban J connectivity index is 2.29. The second-order valence-corrected chi connectivity index (χ2v) is 4.75. The lowest BCUT2D eigenvalue weighted by Gasteiger charge is -2.27. The van der Waals surface area contributed by atoms with Gasteiger partial charge in [-0.05, 0) is 33.2 Å². The van der Waals surface area contributed by atoms with Crippen molar-refractivity contribution in [1.29, 1.82) is 0 Å². The molecular weight excluding hydrogens is 190 g/mol. The normalized spacial score (nSPS) is 26.4. The lowest BCUT2D eigenvalue weighted by atomic mass is 9.84. The molecule has 0 saturated carbocycles. The highest BCUT2D eigenvalue weighted by Crippen LogP contribution is 2.31. The molecular formula is C12H25NO2. The third-order valence-corrected chi connectivity index (χ3v) is 3.02. The summed E-state index contributed by atoms with van der Waals surface area (Å²) in [4.78, 5) is 0. The third-order valence-electron chi connectivity index (χ3n) is 3.02. The minimum absolute atomic E-state index is 0.324. The zero-order valence-corrected chi connectivity index (χ0v) is 10.3.